The molecule has 0 spiro atoms. The van der Waals surface area contributed by atoms with Gasteiger partial charge < -0.3 is 4.43 Å². The third kappa shape index (κ3) is 3.63. The molecule has 0 amide bonds. The summed E-state index contributed by atoms with van der Waals surface area (Å²) in [5.74, 6) is 1.22. The fraction of sp³-hybridized carbons (Fsp3) is 0.692. The molecular weight excluding hydrogens is 228 g/mol. The lowest BCUT2D eigenvalue weighted by Crippen LogP contribution is -2.25. The SMILES string of the molecule is CCCC1=C(O[Si](C)(C)C)C=CC1[SiH](C)C. The molecule has 0 fully saturated rings. The Hall–Kier alpha value is -0.286. The standard InChI is InChI=1S/C13H26OSi2/c1-7-8-11-12(14-16(4,5)6)9-10-13(11)15(2)3/h9-10,13,15H,7-8H2,1-6H3. The Morgan fingerprint density at radius 1 is 1.31 bits per heavy atom. The van der Waals surface area contributed by atoms with E-state index in [0.29, 0.717) is 0 Å². The third-order valence-corrected chi connectivity index (χ3v) is 5.72. The van der Waals surface area contributed by atoms with Gasteiger partial charge in [0.15, 0.2) is 0 Å². The van der Waals surface area contributed by atoms with Gasteiger partial charge in [0.1, 0.15) is 5.76 Å². The van der Waals surface area contributed by atoms with E-state index in [1.165, 1.54) is 18.6 Å². The van der Waals surface area contributed by atoms with Gasteiger partial charge in [0.25, 0.3) is 0 Å². The van der Waals surface area contributed by atoms with E-state index in [-0.39, 0.29) is 0 Å². The van der Waals surface area contributed by atoms with Crippen molar-refractivity contribution >= 4 is 17.1 Å². The maximum atomic E-state index is 6.20. The third-order valence-electron chi connectivity index (χ3n) is 2.83. The molecule has 92 valence electrons. The quantitative estimate of drug-likeness (QED) is 0.664. The van der Waals surface area contributed by atoms with Gasteiger partial charge in [0.05, 0.1) is 0 Å². The van der Waals surface area contributed by atoms with Gasteiger partial charge in [-0.1, -0.05) is 32.5 Å². The van der Waals surface area contributed by atoms with Crippen LogP contribution in [0.15, 0.2) is 23.5 Å². The molecule has 0 N–H and O–H groups in total. The molecule has 1 atom stereocenters. The molecule has 0 saturated carbocycles. The molecule has 0 heterocycles. The molecule has 0 aliphatic heterocycles. The van der Waals surface area contributed by atoms with Gasteiger partial charge in [-0.15, -0.1) is 0 Å². The predicted molar refractivity (Wildman–Crippen MR) is 78.1 cm³/mol. The van der Waals surface area contributed by atoms with Gasteiger partial charge in [-0.25, -0.2) is 0 Å². The first kappa shape index (κ1) is 13.8. The van der Waals surface area contributed by atoms with Crippen molar-refractivity contribution in [1.29, 1.82) is 0 Å². The van der Waals surface area contributed by atoms with E-state index in [1.54, 1.807) is 5.57 Å². The number of allylic oxidation sites excluding steroid dienone is 3. The second-order valence-electron chi connectivity index (χ2n) is 5.98. The normalized spacial score (nSPS) is 21.1. The van der Waals surface area contributed by atoms with Gasteiger partial charge in [0.2, 0.25) is 8.32 Å². The van der Waals surface area contributed by atoms with Crippen LogP contribution in [0, 0.1) is 0 Å². The summed E-state index contributed by atoms with van der Waals surface area (Å²) >= 11 is 0. The summed E-state index contributed by atoms with van der Waals surface area (Å²) < 4.78 is 6.20. The van der Waals surface area contributed by atoms with Crippen molar-refractivity contribution in [3.05, 3.63) is 23.5 Å². The molecule has 1 unspecified atom stereocenters. The van der Waals surface area contributed by atoms with Crippen LogP contribution in [0.25, 0.3) is 0 Å². The lowest BCUT2D eigenvalue weighted by molar-refractivity contribution is 0.434. The fourth-order valence-corrected chi connectivity index (χ4v) is 4.74. The Kier molecular flexibility index (Phi) is 4.62. The molecule has 1 rings (SSSR count). The van der Waals surface area contributed by atoms with E-state index in [4.69, 9.17) is 4.43 Å². The molecule has 1 aliphatic carbocycles. The first-order valence-corrected chi connectivity index (χ1v) is 12.8. The van der Waals surface area contributed by atoms with Gasteiger partial charge in [-0.05, 0) is 43.3 Å². The summed E-state index contributed by atoms with van der Waals surface area (Å²) in [5.41, 5.74) is 2.33. The van der Waals surface area contributed by atoms with Crippen molar-refractivity contribution < 1.29 is 4.43 Å². The minimum Gasteiger partial charge on any atom is -0.544 e. The highest BCUT2D eigenvalue weighted by Gasteiger charge is 2.27. The van der Waals surface area contributed by atoms with E-state index in [1.807, 2.05) is 0 Å². The lowest BCUT2D eigenvalue weighted by atomic mass is 10.1. The van der Waals surface area contributed by atoms with Crippen LogP contribution >= 0.6 is 0 Å². The number of rotatable bonds is 5. The van der Waals surface area contributed by atoms with Crippen LogP contribution in [-0.4, -0.2) is 17.1 Å². The van der Waals surface area contributed by atoms with E-state index >= 15 is 0 Å². The van der Waals surface area contributed by atoms with E-state index < -0.39 is 17.1 Å². The predicted octanol–water partition coefficient (Wildman–Crippen LogP) is 4.32. The van der Waals surface area contributed by atoms with Crippen LogP contribution in [0.1, 0.15) is 19.8 Å². The van der Waals surface area contributed by atoms with Crippen LogP contribution in [0.5, 0.6) is 0 Å². The Bertz CT molecular complexity index is 298. The summed E-state index contributed by atoms with van der Waals surface area (Å²) in [7, 11) is -2.08. The average molecular weight is 255 g/mol. The van der Waals surface area contributed by atoms with Gasteiger partial charge >= 0.3 is 0 Å². The summed E-state index contributed by atoms with van der Waals surface area (Å²) in [6.07, 6.45) is 7.06. The van der Waals surface area contributed by atoms with Crippen molar-refractivity contribution in [3.63, 3.8) is 0 Å². The molecule has 1 nitrogen and oxygen atoms in total. The molecule has 0 aromatic rings. The Morgan fingerprint density at radius 2 is 1.94 bits per heavy atom. The summed E-state index contributed by atoms with van der Waals surface area (Å²) in [5, 5.41) is 0. The van der Waals surface area contributed by atoms with Gasteiger partial charge in [-0.2, -0.15) is 0 Å². The molecule has 0 saturated heterocycles. The maximum absolute atomic E-state index is 6.20. The van der Waals surface area contributed by atoms with Gasteiger partial charge in [-0.3, -0.25) is 0 Å². The molecule has 0 aromatic heterocycles. The second kappa shape index (κ2) is 5.36. The maximum Gasteiger partial charge on any atom is 0.242 e. The zero-order valence-corrected chi connectivity index (χ0v) is 13.8. The highest BCUT2D eigenvalue weighted by Crippen LogP contribution is 2.37. The molecule has 1 aliphatic rings. The Balaban J connectivity index is 2.88. The van der Waals surface area contributed by atoms with Crippen molar-refractivity contribution in [2.24, 2.45) is 0 Å². The summed E-state index contributed by atoms with van der Waals surface area (Å²) in [4.78, 5) is 0. The molecule has 0 bridgehead atoms. The minimum absolute atomic E-state index is 0.628. The van der Waals surface area contributed by atoms with Crippen LogP contribution in [0.2, 0.25) is 38.3 Å². The average Bonchev–Trinajstić information content (AvgIpc) is 2.47. The topological polar surface area (TPSA) is 9.23 Å². The van der Waals surface area contributed by atoms with Crippen LogP contribution in [-0.2, 0) is 4.43 Å². The molecular formula is C13H26OSi2. The first-order valence-electron chi connectivity index (χ1n) is 6.45. The molecule has 0 aromatic carbocycles. The van der Waals surface area contributed by atoms with E-state index in [2.05, 4.69) is 51.8 Å². The molecule has 3 heteroatoms. The molecule has 0 radical (unpaired) electrons. The van der Waals surface area contributed by atoms with Crippen LogP contribution in [0.4, 0.5) is 0 Å². The highest BCUT2D eigenvalue weighted by atomic mass is 28.4. The zero-order chi connectivity index (χ0) is 12.3. The summed E-state index contributed by atoms with van der Waals surface area (Å²) in [6.45, 7) is 13.9. The van der Waals surface area contributed by atoms with Crippen molar-refractivity contribution in [2.45, 2.75) is 58.0 Å². The lowest BCUT2D eigenvalue weighted by Gasteiger charge is -2.23. The number of hydrogen-bond acceptors (Lipinski definition) is 1. The smallest absolute Gasteiger partial charge is 0.242 e. The van der Waals surface area contributed by atoms with Gasteiger partial charge in [0, 0.05) is 8.80 Å². The second-order valence-corrected chi connectivity index (χ2v) is 13.6. The Labute approximate surface area is 103 Å². The summed E-state index contributed by atoms with van der Waals surface area (Å²) in [6, 6.07) is 0. The first-order chi connectivity index (χ1) is 7.35. The highest BCUT2D eigenvalue weighted by molar-refractivity contribution is 6.70. The zero-order valence-electron chi connectivity index (χ0n) is 11.6. The van der Waals surface area contributed by atoms with Crippen LogP contribution < -0.4 is 0 Å². The minimum atomic E-state index is -1.45. The van der Waals surface area contributed by atoms with E-state index in [9.17, 15) is 0 Å². The number of hydrogen-bond donors (Lipinski definition) is 0. The molecule has 16 heavy (non-hydrogen) atoms. The van der Waals surface area contributed by atoms with E-state index in [0.717, 1.165) is 5.54 Å². The van der Waals surface area contributed by atoms with Crippen molar-refractivity contribution in [1.82, 2.24) is 0 Å². The Morgan fingerprint density at radius 3 is 2.38 bits per heavy atom. The van der Waals surface area contributed by atoms with Crippen LogP contribution in [0.3, 0.4) is 0 Å². The van der Waals surface area contributed by atoms with Crippen molar-refractivity contribution in [3.8, 4) is 0 Å². The largest absolute Gasteiger partial charge is 0.544 e. The monoisotopic (exact) mass is 254 g/mol. The fourth-order valence-electron chi connectivity index (χ4n) is 2.19. The van der Waals surface area contributed by atoms with Crippen molar-refractivity contribution in [2.75, 3.05) is 0 Å².